The minimum Gasteiger partial charge on any atom is -0.380 e. The number of nitrogens with one attached hydrogen (secondary N) is 2. The van der Waals surface area contributed by atoms with Crippen molar-refractivity contribution in [2.24, 2.45) is 0 Å². The Morgan fingerprint density at radius 2 is 2.24 bits per heavy atom. The second-order valence-corrected chi connectivity index (χ2v) is 4.63. The summed E-state index contributed by atoms with van der Waals surface area (Å²) in [4.78, 5) is 0. The third kappa shape index (κ3) is 3.30. The molecule has 1 heterocycles. The van der Waals surface area contributed by atoms with Crippen LogP contribution in [0.2, 0.25) is 5.02 Å². The first-order valence-electron chi connectivity index (χ1n) is 5.71. The normalized spacial score (nSPS) is 20.6. The number of alkyl halides is 2. The average molecular weight is 261 g/mol. The first-order chi connectivity index (χ1) is 8.16. The Morgan fingerprint density at radius 3 is 2.82 bits per heavy atom. The van der Waals surface area contributed by atoms with Crippen LogP contribution in [0.3, 0.4) is 0 Å². The summed E-state index contributed by atoms with van der Waals surface area (Å²) in [6.45, 7) is 1.92. The molecule has 1 aliphatic heterocycles. The van der Waals surface area contributed by atoms with E-state index in [0.717, 1.165) is 31.6 Å². The van der Waals surface area contributed by atoms with Crippen molar-refractivity contribution in [3.63, 3.8) is 0 Å². The Balaban J connectivity index is 2.05. The van der Waals surface area contributed by atoms with Gasteiger partial charge >= 0.3 is 0 Å². The van der Waals surface area contributed by atoms with Gasteiger partial charge in [-0.25, -0.2) is 8.78 Å². The molecule has 0 bridgehead atoms. The van der Waals surface area contributed by atoms with Crippen LogP contribution in [0.1, 0.15) is 24.8 Å². The molecular formula is C12H15ClF2N2. The van der Waals surface area contributed by atoms with Gasteiger partial charge in [0, 0.05) is 18.2 Å². The lowest BCUT2D eigenvalue weighted by atomic mass is 10.1. The summed E-state index contributed by atoms with van der Waals surface area (Å²) < 4.78 is 24.9. The molecule has 0 aromatic heterocycles. The number of hydrogen-bond donors (Lipinski definition) is 2. The fraction of sp³-hybridized carbons (Fsp3) is 0.500. The van der Waals surface area contributed by atoms with Gasteiger partial charge in [0.15, 0.2) is 0 Å². The SMILES string of the molecule is FC(F)c1ccc(NC2CCCNC2)c(Cl)c1. The summed E-state index contributed by atoms with van der Waals surface area (Å²) in [5.74, 6) is 0. The third-order valence-electron chi connectivity index (χ3n) is 2.90. The maximum absolute atomic E-state index is 12.4. The maximum Gasteiger partial charge on any atom is 0.263 e. The van der Waals surface area contributed by atoms with E-state index in [0.29, 0.717) is 11.1 Å². The van der Waals surface area contributed by atoms with Gasteiger partial charge in [-0.1, -0.05) is 17.7 Å². The van der Waals surface area contributed by atoms with Crippen LogP contribution >= 0.6 is 11.6 Å². The van der Waals surface area contributed by atoms with E-state index in [4.69, 9.17) is 11.6 Å². The van der Waals surface area contributed by atoms with Crippen molar-refractivity contribution < 1.29 is 8.78 Å². The molecule has 1 fully saturated rings. The van der Waals surface area contributed by atoms with Crippen LogP contribution in [0.25, 0.3) is 0 Å². The van der Waals surface area contributed by atoms with Gasteiger partial charge < -0.3 is 10.6 Å². The van der Waals surface area contributed by atoms with E-state index in [-0.39, 0.29) is 5.56 Å². The van der Waals surface area contributed by atoms with Crippen LogP contribution in [0.15, 0.2) is 18.2 Å². The second-order valence-electron chi connectivity index (χ2n) is 4.23. The molecule has 0 saturated carbocycles. The third-order valence-corrected chi connectivity index (χ3v) is 3.21. The van der Waals surface area contributed by atoms with Crippen molar-refractivity contribution in [2.75, 3.05) is 18.4 Å². The molecule has 1 aromatic carbocycles. The zero-order valence-electron chi connectivity index (χ0n) is 9.35. The molecule has 0 radical (unpaired) electrons. The molecule has 0 aliphatic carbocycles. The molecule has 94 valence electrons. The fourth-order valence-electron chi connectivity index (χ4n) is 1.98. The quantitative estimate of drug-likeness (QED) is 0.870. The standard InChI is InChI=1S/C12H15ClF2N2/c13-10-6-8(12(14)15)3-4-11(10)17-9-2-1-5-16-7-9/h3-4,6,9,12,16-17H,1-2,5,7H2. The monoisotopic (exact) mass is 260 g/mol. The Labute approximate surface area is 104 Å². The van der Waals surface area contributed by atoms with Crippen LogP contribution in [0, 0.1) is 0 Å². The molecule has 2 N–H and O–H groups in total. The molecule has 2 rings (SSSR count). The lowest BCUT2D eigenvalue weighted by Gasteiger charge is -2.25. The molecule has 1 aromatic rings. The highest BCUT2D eigenvalue weighted by Gasteiger charge is 2.15. The largest absolute Gasteiger partial charge is 0.380 e. The molecular weight excluding hydrogens is 246 g/mol. The Hall–Kier alpha value is -0.870. The molecule has 5 heteroatoms. The van der Waals surface area contributed by atoms with Crippen molar-refractivity contribution in [1.29, 1.82) is 0 Å². The van der Waals surface area contributed by atoms with Gasteiger partial charge in [-0.3, -0.25) is 0 Å². The number of piperidine rings is 1. The Morgan fingerprint density at radius 1 is 1.41 bits per heavy atom. The lowest BCUT2D eigenvalue weighted by molar-refractivity contribution is 0.151. The van der Waals surface area contributed by atoms with Crippen molar-refractivity contribution in [3.05, 3.63) is 28.8 Å². The summed E-state index contributed by atoms with van der Waals surface area (Å²) in [5.41, 5.74) is 0.687. The van der Waals surface area contributed by atoms with Crippen molar-refractivity contribution in [2.45, 2.75) is 25.3 Å². The molecule has 2 nitrogen and oxygen atoms in total. The molecule has 1 atom stereocenters. The van der Waals surface area contributed by atoms with Crippen LogP contribution in [-0.4, -0.2) is 19.1 Å². The average Bonchev–Trinajstić information content (AvgIpc) is 2.33. The summed E-state index contributed by atoms with van der Waals surface area (Å²) in [6, 6.07) is 4.68. The highest BCUT2D eigenvalue weighted by atomic mass is 35.5. The molecule has 0 amide bonds. The first-order valence-corrected chi connectivity index (χ1v) is 6.09. The lowest BCUT2D eigenvalue weighted by Crippen LogP contribution is -2.38. The van der Waals surface area contributed by atoms with Crippen LogP contribution in [0.5, 0.6) is 0 Å². The number of rotatable bonds is 3. The van der Waals surface area contributed by atoms with Crippen molar-refractivity contribution in [1.82, 2.24) is 5.32 Å². The Bertz CT molecular complexity index is 379. The van der Waals surface area contributed by atoms with Gasteiger partial charge in [0.1, 0.15) is 0 Å². The molecule has 1 unspecified atom stereocenters. The minimum absolute atomic E-state index is 0.0395. The molecule has 17 heavy (non-hydrogen) atoms. The van der Waals surface area contributed by atoms with Gasteiger partial charge in [0.05, 0.1) is 10.7 Å². The van der Waals surface area contributed by atoms with Crippen LogP contribution < -0.4 is 10.6 Å². The van der Waals surface area contributed by atoms with Gasteiger partial charge in [0.2, 0.25) is 0 Å². The fourth-order valence-corrected chi connectivity index (χ4v) is 2.22. The van der Waals surface area contributed by atoms with E-state index in [2.05, 4.69) is 10.6 Å². The van der Waals surface area contributed by atoms with E-state index in [1.165, 1.54) is 12.1 Å². The van der Waals surface area contributed by atoms with Gasteiger partial charge in [-0.15, -0.1) is 0 Å². The van der Waals surface area contributed by atoms with Crippen molar-refractivity contribution >= 4 is 17.3 Å². The number of hydrogen-bond acceptors (Lipinski definition) is 2. The summed E-state index contributed by atoms with van der Waals surface area (Å²) in [6.07, 6.45) is -0.289. The predicted molar refractivity (Wildman–Crippen MR) is 65.9 cm³/mol. The second kappa shape index (κ2) is 5.65. The van der Waals surface area contributed by atoms with Crippen LogP contribution in [0.4, 0.5) is 14.5 Å². The zero-order chi connectivity index (χ0) is 12.3. The summed E-state index contributed by atoms with van der Waals surface area (Å²) in [7, 11) is 0. The van der Waals surface area contributed by atoms with Crippen LogP contribution in [-0.2, 0) is 0 Å². The molecule has 1 aliphatic rings. The summed E-state index contributed by atoms with van der Waals surface area (Å²) >= 11 is 5.98. The zero-order valence-corrected chi connectivity index (χ0v) is 10.1. The van der Waals surface area contributed by atoms with E-state index in [1.54, 1.807) is 6.07 Å². The molecule has 0 spiro atoms. The number of anilines is 1. The summed E-state index contributed by atoms with van der Waals surface area (Å²) in [5, 5.41) is 6.91. The topological polar surface area (TPSA) is 24.1 Å². The van der Waals surface area contributed by atoms with E-state index in [1.807, 2.05) is 0 Å². The van der Waals surface area contributed by atoms with Crippen molar-refractivity contribution in [3.8, 4) is 0 Å². The highest BCUT2D eigenvalue weighted by molar-refractivity contribution is 6.33. The minimum atomic E-state index is -2.47. The van der Waals surface area contributed by atoms with Gasteiger partial charge in [-0.2, -0.15) is 0 Å². The van der Waals surface area contributed by atoms with E-state index >= 15 is 0 Å². The highest BCUT2D eigenvalue weighted by Crippen LogP contribution is 2.28. The van der Waals surface area contributed by atoms with E-state index in [9.17, 15) is 8.78 Å². The smallest absolute Gasteiger partial charge is 0.263 e. The number of halogens is 3. The Kier molecular flexibility index (Phi) is 4.18. The van der Waals surface area contributed by atoms with Gasteiger partial charge in [0.25, 0.3) is 6.43 Å². The predicted octanol–water partition coefficient (Wildman–Crippen LogP) is 3.44. The van der Waals surface area contributed by atoms with E-state index < -0.39 is 6.43 Å². The first kappa shape index (κ1) is 12.6. The molecule has 1 saturated heterocycles. The number of benzene rings is 1. The van der Waals surface area contributed by atoms with Gasteiger partial charge in [-0.05, 0) is 31.5 Å². The maximum atomic E-state index is 12.4.